The van der Waals surface area contributed by atoms with E-state index in [0.717, 1.165) is 4.88 Å². The maximum Gasteiger partial charge on any atom is 0.110 e. The quantitative estimate of drug-likeness (QED) is 0.533. The Morgan fingerprint density at radius 1 is 0.905 bits per heavy atom. The minimum atomic E-state index is 0.779. The van der Waals surface area contributed by atoms with Crippen LogP contribution in [0.1, 0.15) is 55.9 Å². The summed E-state index contributed by atoms with van der Waals surface area (Å²) in [5, 5.41) is 8.88. The first kappa shape index (κ1) is 15.8. The summed E-state index contributed by atoms with van der Waals surface area (Å²) in [5.74, 6) is 0. The van der Waals surface area contributed by atoms with Crippen molar-refractivity contribution in [3.8, 4) is 16.5 Å². The largest absolute Gasteiger partial charge is 0.192 e. The molecule has 1 aromatic heterocycles. The van der Waals surface area contributed by atoms with Crippen LogP contribution >= 0.6 is 11.3 Å². The van der Waals surface area contributed by atoms with Crippen molar-refractivity contribution >= 4 is 11.3 Å². The minimum absolute atomic E-state index is 0.779. The van der Waals surface area contributed by atoms with Crippen LogP contribution in [0.15, 0.2) is 36.4 Å². The van der Waals surface area contributed by atoms with Crippen LogP contribution in [0.25, 0.3) is 10.4 Å². The molecule has 0 aliphatic rings. The Morgan fingerprint density at radius 3 is 2.29 bits per heavy atom. The van der Waals surface area contributed by atoms with E-state index in [1.807, 2.05) is 12.1 Å². The number of benzene rings is 1. The summed E-state index contributed by atoms with van der Waals surface area (Å²) in [5.41, 5.74) is 2.64. The second-order valence-corrected chi connectivity index (χ2v) is 6.57. The van der Waals surface area contributed by atoms with Gasteiger partial charge in [0.05, 0.1) is 0 Å². The van der Waals surface area contributed by atoms with E-state index in [0.29, 0.717) is 0 Å². The van der Waals surface area contributed by atoms with Gasteiger partial charge >= 0.3 is 0 Å². The van der Waals surface area contributed by atoms with E-state index in [-0.39, 0.29) is 0 Å². The molecule has 2 heteroatoms. The van der Waals surface area contributed by atoms with E-state index in [9.17, 15) is 0 Å². The number of unbranched alkanes of at least 4 members (excludes halogenated alkanes) is 5. The number of hydrogen-bond donors (Lipinski definition) is 0. The predicted molar refractivity (Wildman–Crippen MR) is 91.6 cm³/mol. The van der Waals surface area contributed by atoms with Crippen molar-refractivity contribution in [1.82, 2.24) is 0 Å². The van der Waals surface area contributed by atoms with E-state index < -0.39 is 0 Å². The van der Waals surface area contributed by atoms with Crippen LogP contribution < -0.4 is 0 Å². The molecule has 0 fully saturated rings. The summed E-state index contributed by atoms with van der Waals surface area (Å²) in [6.45, 7) is 2.26. The van der Waals surface area contributed by atoms with Crippen molar-refractivity contribution in [3.63, 3.8) is 0 Å². The van der Waals surface area contributed by atoms with Crippen LogP contribution in [-0.4, -0.2) is 0 Å². The summed E-state index contributed by atoms with van der Waals surface area (Å²) in [4.78, 5) is 1.96. The summed E-state index contributed by atoms with van der Waals surface area (Å²) in [6.07, 6.45) is 9.27. The maximum atomic E-state index is 8.88. The SMILES string of the molecule is CCCCCCCCc1ccc(-c2ccc(C#N)s2)cc1. The van der Waals surface area contributed by atoms with Crippen LogP contribution in [0, 0.1) is 11.3 Å². The smallest absolute Gasteiger partial charge is 0.110 e. The number of thiophene rings is 1. The molecule has 0 bridgehead atoms. The number of nitrogens with zero attached hydrogens (tertiary/aromatic N) is 1. The fourth-order valence-corrected chi connectivity index (χ4v) is 3.31. The molecule has 0 atom stereocenters. The Hall–Kier alpha value is -1.59. The molecule has 0 saturated carbocycles. The molecule has 0 aliphatic carbocycles. The van der Waals surface area contributed by atoms with Gasteiger partial charge in [-0.05, 0) is 36.1 Å². The molecule has 0 spiro atoms. The molecule has 21 heavy (non-hydrogen) atoms. The Kier molecular flexibility index (Phi) is 6.50. The van der Waals surface area contributed by atoms with Gasteiger partial charge in [-0.1, -0.05) is 63.3 Å². The fourth-order valence-electron chi connectivity index (χ4n) is 2.50. The maximum absolute atomic E-state index is 8.88. The minimum Gasteiger partial charge on any atom is -0.192 e. The van der Waals surface area contributed by atoms with Crippen molar-refractivity contribution in [2.75, 3.05) is 0 Å². The lowest BCUT2D eigenvalue weighted by atomic mass is 10.0. The van der Waals surface area contributed by atoms with Gasteiger partial charge in [-0.3, -0.25) is 0 Å². The number of hydrogen-bond acceptors (Lipinski definition) is 2. The first-order valence-corrected chi connectivity index (χ1v) is 8.74. The molecule has 1 aromatic carbocycles. The third-order valence-corrected chi connectivity index (χ3v) is 4.81. The van der Waals surface area contributed by atoms with E-state index in [2.05, 4.69) is 37.3 Å². The Balaban J connectivity index is 1.81. The second-order valence-electron chi connectivity index (χ2n) is 5.49. The predicted octanol–water partition coefficient (Wildman–Crippen LogP) is 6.19. The van der Waals surface area contributed by atoms with Crippen LogP contribution in [0.5, 0.6) is 0 Å². The second kappa shape index (κ2) is 8.64. The topological polar surface area (TPSA) is 23.8 Å². The Labute approximate surface area is 132 Å². The lowest BCUT2D eigenvalue weighted by molar-refractivity contribution is 0.607. The highest BCUT2D eigenvalue weighted by molar-refractivity contribution is 7.16. The standard InChI is InChI=1S/C19H23NS/c1-2-3-4-5-6-7-8-16-9-11-17(12-10-16)19-14-13-18(15-20)21-19/h9-14H,2-8H2,1H3. The highest BCUT2D eigenvalue weighted by Crippen LogP contribution is 2.28. The molecule has 2 aromatic rings. The first-order chi connectivity index (χ1) is 10.3. The van der Waals surface area contributed by atoms with Gasteiger partial charge in [0.1, 0.15) is 10.9 Å². The van der Waals surface area contributed by atoms with Gasteiger partial charge in [-0.25, -0.2) is 0 Å². The van der Waals surface area contributed by atoms with Crippen LogP contribution in [0.4, 0.5) is 0 Å². The zero-order valence-corrected chi connectivity index (χ0v) is 13.6. The third-order valence-electron chi connectivity index (χ3n) is 3.77. The monoisotopic (exact) mass is 297 g/mol. The first-order valence-electron chi connectivity index (χ1n) is 7.92. The summed E-state index contributed by atoms with van der Waals surface area (Å²) in [7, 11) is 0. The lowest BCUT2D eigenvalue weighted by Gasteiger charge is -2.03. The average Bonchev–Trinajstić information content (AvgIpc) is 3.00. The normalized spacial score (nSPS) is 10.5. The molecule has 1 heterocycles. The highest BCUT2D eigenvalue weighted by Gasteiger charge is 2.02. The van der Waals surface area contributed by atoms with Crippen molar-refractivity contribution < 1.29 is 0 Å². The van der Waals surface area contributed by atoms with Gasteiger partial charge in [-0.15, -0.1) is 11.3 Å². The molecule has 2 rings (SSSR count). The average molecular weight is 297 g/mol. The molecule has 0 unspecified atom stereocenters. The van der Waals surface area contributed by atoms with Crippen LogP contribution in [0.3, 0.4) is 0 Å². The molecule has 1 nitrogen and oxygen atoms in total. The van der Waals surface area contributed by atoms with Gasteiger partial charge in [-0.2, -0.15) is 5.26 Å². The number of aryl methyl sites for hydroxylation is 1. The van der Waals surface area contributed by atoms with Crippen molar-refractivity contribution in [2.24, 2.45) is 0 Å². The van der Waals surface area contributed by atoms with E-state index in [1.165, 1.54) is 60.9 Å². The van der Waals surface area contributed by atoms with Crippen molar-refractivity contribution in [1.29, 1.82) is 5.26 Å². The third kappa shape index (κ3) is 5.02. The van der Waals surface area contributed by atoms with E-state index in [4.69, 9.17) is 5.26 Å². The number of nitriles is 1. The van der Waals surface area contributed by atoms with Gasteiger partial charge in [0.15, 0.2) is 0 Å². The van der Waals surface area contributed by atoms with E-state index in [1.54, 1.807) is 11.3 Å². The molecule has 0 radical (unpaired) electrons. The summed E-state index contributed by atoms with van der Waals surface area (Å²) in [6, 6.07) is 14.9. The molecule has 0 saturated heterocycles. The van der Waals surface area contributed by atoms with Gasteiger partial charge in [0.25, 0.3) is 0 Å². The molecular weight excluding hydrogens is 274 g/mol. The van der Waals surface area contributed by atoms with Crippen LogP contribution in [-0.2, 0) is 6.42 Å². The van der Waals surface area contributed by atoms with Crippen LogP contribution in [0.2, 0.25) is 0 Å². The van der Waals surface area contributed by atoms with Gasteiger partial charge in [0.2, 0.25) is 0 Å². The zero-order chi connectivity index (χ0) is 14.9. The summed E-state index contributed by atoms with van der Waals surface area (Å²) >= 11 is 1.56. The zero-order valence-electron chi connectivity index (χ0n) is 12.8. The van der Waals surface area contributed by atoms with Gasteiger partial charge in [0, 0.05) is 4.88 Å². The van der Waals surface area contributed by atoms with Gasteiger partial charge < -0.3 is 0 Å². The highest BCUT2D eigenvalue weighted by atomic mass is 32.1. The Morgan fingerprint density at radius 2 is 1.62 bits per heavy atom. The van der Waals surface area contributed by atoms with Crippen molar-refractivity contribution in [2.45, 2.75) is 51.9 Å². The molecule has 0 N–H and O–H groups in total. The molecule has 0 amide bonds. The fraction of sp³-hybridized carbons (Fsp3) is 0.421. The molecular formula is C19H23NS. The lowest BCUT2D eigenvalue weighted by Crippen LogP contribution is -1.86. The van der Waals surface area contributed by atoms with E-state index >= 15 is 0 Å². The Bertz CT molecular complexity index is 574. The summed E-state index contributed by atoms with van der Waals surface area (Å²) < 4.78 is 0. The molecule has 0 aliphatic heterocycles. The molecule has 110 valence electrons. The van der Waals surface area contributed by atoms with Crippen molar-refractivity contribution in [3.05, 3.63) is 46.8 Å². The number of rotatable bonds is 8.